The van der Waals surface area contributed by atoms with Crippen LogP contribution in [0.4, 0.5) is 0 Å². The van der Waals surface area contributed by atoms with Gasteiger partial charge in [0, 0.05) is 12.3 Å². The zero-order chi connectivity index (χ0) is 15.0. The predicted octanol–water partition coefficient (Wildman–Crippen LogP) is 4.62. The van der Waals surface area contributed by atoms with Crippen LogP contribution in [-0.4, -0.2) is 12.9 Å². The first kappa shape index (κ1) is 13.4. The van der Waals surface area contributed by atoms with Gasteiger partial charge < -0.3 is 9.15 Å². The highest BCUT2D eigenvalue weighted by atomic mass is 16.5. The van der Waals surface area contributed by atoms with Gasteiger partial charge in [-0.05, 0) is 36.2 Å². The Morgan fingerprint density at radius 1 is 1.14 bits per heavy atom. The molecule has 3 aromatic rings. The summed E-state index contributed by atoms with van der Waals surface area (Å²) < 4.78 is 11.0. The SMILES string of the molecule is COc1ccc(-c2cccc(C)c2)c2cc(C(C)=O)oc12. The van der Waals surface area contributed by atoms with E-state index in [9.17, 15) is 4.79 Å². The normalized spacial score (nSPS) is 10.8. The van der Waals surface area contributed by atoms with Crippen molar-refractivity contribution in [2.24, 2.45) is 0 Å². The van der Waals surface area contributed by atoms with E-state index in [-0.39, 0.29) is 5.78 Å². The monoisotopic (exact) mass is 280 g/mol. The summed E-state index contributed by atoms with van der Waals surface area (Å²) >= 11 is 0. The van der Waals surface area contributed by atoms with E-state index in [0.717, 1.165) is 16.5 Å². The number of aryl methyl sites for hydroxylation is 1. The number of hydrogen-bond donors (Lipinski definition) is 0. The molecular formula is C18H16O3. The molecule has 0 amide bonds. The molecule has 0 saturated heterocycles. The Balaban J connectivity index is 2.31. The van der Waals surface area contributed by atoms with Crippen molar-refractivity contribution in [3.05, 3.63) is 53.8 Å². The van der Waals surface area contributed by atoms with Crippen molar-refractivity contribution >= 4 is 16.8 Å². The van der Waals surface area contributed by atoms with Gasteiger partial charge in [-0.25, -0.2) is 0 Å². The molecule has 106 valence electrons. The second kappa shape index (κ2) is 5.09. The summed E-state index contributed by atoms with van der Waals surface area (Å²) in [6, 6.07) is 13.9. The summed E-state index contributed by atoms with van der Waals surface area (Å²) in [5.41, 5.74) is 3.93. The van der Waals surface area contributed by atoms with Gasteiger partial charge in [0.1, 0.15) is 0 Å². The number of ketones is 1. The van der Waals surface area contributed by atoms with E-state index in [1.165, 1.54) is 12.5 Å². The molecule has 0 aliphatic rings. The van der Waals surface area contributed by atoms with Crippen LogP contribution < -0.4 is 4.74 Å². The van der Waals surface area contributed by atoms with Crippen molar-refractivity contribution in [1.82, 2.24) is 0 Å². The second-order valence-corrected chi connectivity index (χ2v) is 5.09. The summed E-state index contributed by atoms with van der Waals surface area (Å²) in [6.07, 6.45) is 0. The standard InChI is InChI=1S/C18H16O3/c1-11-5-4-6-13(9-11)14-7-8-16(20-3)18-15(14)10-17(21-18)12(2)19/h4-10H,1-3H3. The van der Waals surface area contributed by atoms with Gasteiger partial charge in [-0.2, -0.15) is 0 Å². The van der Waals surface area contributed by atoms with Crippen molar-refractivity contribution in [2.75, 3.05) is 7.11 Å². The predicted molar refractivity (Wildman–Crippen MR) is 82.9 cm³/mol. The maximum absolute atomic E-state index is 11.6. The molecule has 2 aromatic carbocycles. The molecule has 1 aromatic heterocycles. The lowest BCUT2D eigenvalue weighted by Crippen LogP contribution is -1.86. The topological polar surface area (TPSA) is 39.4 Å². The number of rotatable bonds is 3. The quantitative estimate of drug-likeness (QED) is 0.657. The number of Topliss-reactive ketones (excluding diaryl/α,β-unsaturated/α-hetero) is 1. The van der Waals surface area contributed by atoms with Crippen LogP contribution in [0.5, 0.6) is 5.75 Å². The van der Waals surface area contributed by atoms with Crippen LogP contribution in [0.2, 0.25) is 0 Å². The number of benzene rings is 2. The highest BCUT2D eigenvalue weighted by molar-refractivity contribution is 6.03. The van der Waals surface area contributed by atoms with Crippen LogP contribution in [-0.2, 0) is 0 Å². The average molecular weight is 280 g/mol. The fourth-order valence-corrected chi connectivity index (χ4v) is 2.50. The molecule has 0 N–H and O–H groups in total. The van der Waals surface area contributed by atoms with E-state index in [1.54, 1.807) is 13.2 Å². The lowest BCUT2D eigenvalue weighted by atomic mass is 9.99. The van der Waals surface area contributed by atoms with Crippen molar-refractivity contribution in [1.29, 1.82) is 0 Å². The molecule has 0 bridgehead atoms. The fraction of sp³-hybridized carbons (Fsp3) is 0.167. The van der Waals surface area contributed by atoms with Gasteiger partial charge in [0.05, 0.1) is 7.11 Å². The van der Waals surface area contributed by atoms with Gasteiger partial charge in [-0.15, -0.1) is 0 Å². The summed E-state index contributed by atoms with van der Waals surface area (Å²) in [5.74, 6) is 0.890. The lowest BCUT2D eigenvalue weighted by molar-refractivity contribution is 0.0989. The number of ether oxygens (including phenoxy) is 1. The van der Waals surface area contributed by atoms with Crippen molar-refractivity contribution in [2.45, 2.75) is 13.8 Å². The molecule has 0 aliphatic heterocycles. The number of carbonyl (C=O) groups is 1. The first-order valence-electron chi connectivity index (χ1n) is 6.78. The zero-order valence-corrected chi connectivity index (χ0v) is 12.3. The highest BCUT2D eigenvalue weighted by Gasteiger charge is 2.16. The van der Waals surface area contributed by atoms with E-state index in [0.29, 0.717) is 17.1 Å². The van der Waals surface area contributed by atoms with Gasteiger partial charge >= 0.3 is 0 Å². The average Bonchev–Trinajstić information content (AvgIpc) is 2.91. The minimum absolute atomic E-state index is 0.0940. The van der Waals surface area contributed by atoms with Gasteiger partial charge in [-0.3, -0.25) is 4.79 Å². The van der Waals surface area contributed by atoms with Crippen LogP contribution in [0.3, 0.4) is 0 Å². The molecule has 1 heterocycles. The number of carbonyl (C=O) groups excluding carboxylic acids is 1. The maximum atomic E-state index is 11.6. The van der Waals surface area contributed by atoms with E-state index in [2.05, 4.69) is 25.1 Å². The van der Waals surface area contributed by atoms with Crippen LogP contribution in [0.25, 0.3) is 22.1 Å². The Morgan fingerprint density at radius 3 is 2.62 bits per heavy atom. The third kappa shape index (κ3) is 2.31. The van der Waals surface area contributed by atoms with Crippen molar-refractivity contribution in [3.63, 3.8) is 0 Å². The highest BCUT2D eigenvalue weighted by Crippen LogP contribution is 2.36. The van der Waals surface area contributed by atoms with Crippen molar-refractivity contribution in [3.8, 4) is 16.9 Å². The molecule has 0 fully saturated rings. The minimum atomic E-state index is -0.0940. The number of methoxy groups -OCH3 is 1. The van der Waals surface area contributed by atoms with Gasteiger partial charge in [-0.1, -0.05) is 29.8 Å². The number of hydrogen-bond acceptors (Lipinski definition) is 3. The first-order chi connectivity index (χ1) is 10.1. The smallest absolute Gasteiger partial charge is 0.194 e. The van der Waals surface area contributed by atoms with E-state index in [1.807, 2.05) is 18.2 Å². The van der Waals surface area contributed by atoms with Crippen molar-refractivity contribution < 1.29 is 13.9 Å². The van der Waals surface area contributed by atoms with Gasteiger partial charge in [0.2, 0.25) is 0 Å². The number of furan rings is 1. The van der Waals surface area contributed by atoms with Gasteiger partial charge in [0.15, 0.2) is 22.9 Å². The maximum Gasteiger partial charge on any atom is 0.194 e. The largest absolute Gasteiger partial charge is 0.493 e. The Bertz CT molecular complexity index is 828. The van der Waals surface area contributed by atoms with Crippen LogP contribution in [0.1, 0.15) is 23.0 Å². The van der Waals surface area contributed by atoms with E-state index >= 15 is 0 Å². The zero-order valence-electron chi connectivity index (χ0n) is 12.3. The molecule has 0 aliphatic carbocycles. The molecular weight excluding hydrogens is 264 g/mol. The molecule has 0 unspecified atom stereocenters. The number of fused-ring (bicyclic) bond motifs is 1. The van der Waals surface area contributed by atoms with Crippen LogP contribution >= 0.6 is 0 Å². The Morgan fingerprint density at radius 2 is 1.95 bits per heavy atom. The Kier molecular flexibility index (Phi) is 3.26. The third-order valence-corrected chi connectivity index (χ3v) is 3.54. The summed E-state index contributed by atoms with van der Waals surface area (Å²) in [7, 11) is 1.59. The Hall–Kier alpha value is -2.55. The first-order valence-corrected chi connectivity index (χ1v) is 6.78. The van der Waals surface area contributed by atoms with Crippen LogP contribution in [0.15, 0.2) is 46.9 Å². The van der Waals surface area contributed by atoms with Crippen LogP contribution in [0, 0.1) is 6.92 Å². The Labute approximate surface area is 123 Å². The molecule has 0 atom stereocenters. The third-order valence-electron chi connectivity index (χ3n) is 3.54. The lowest BCUT2D eigenvalue weighted by Gasteiger charge is -2.07. The molecule has 0 radical (unpaired) electrons. The summed E-state index contributed by atoms with van der Waals surface area (Å²) in [5, 5.41) is 0.894. The fourth-order valence-electron chi connectivity index (χ4n) is 2.50. The molecule has 3 rings (SSSR count). The second-order valence-electron chi connectivity index (χ2n) is 5.09. The summed E-state index contributed by atoms with van der Waals surface area (Å²) in [6.45, 7) is 3.55. The molecule has 0 saturated carbocycles. The molecule has 21 heavy (non-hydrogen) atoms. The van der Waals surface area contributed by atoms with E-state index in [4.69, 9.17) is 9.15 Å². The molecule has 3 heteroatoms. The van der Waals surface area contributed by atoms with E-state index < -0.39 is 0 Å². The molecule has 0 spiro atoms. The summed E-state index contributed by atoms with van der Waals surface area (Å²) in [4.78, 5) is 11.6. The van der Waals surface area contributed by atoms with Gasteiger partial charge in [0.25, 0.3) is 0 Å². The minimum Gasteiger partial charge on any atom is -0.493 e. The molecule has 3 nitrogen and oxygen atoms in total.